The Labute approximate surface area is 162 Å². The van der Waals surface area contributed by atoms with Crippen molar-refractivity contribution in [2.24, 2.45) is 5.73 Å². The van der Waals surface area contributed by atoms with Crippen LogP contribution in [0.5, 0.6) is 0 Å². The molecule has 0 saturated heterocycles. The first-order valence-corrected chi connectivity index (χ1v) is 8.94. The van der Waals surface area contributed by atoms with E-state index in [2.05, 4.69) is 10.3 Å². The average molecular weight is 385 g/mol. The molecular formula is C20H21ClN4O2. The SMILES string of the molecule is CC(C)(NCc1ccc([N+](=O)[O-])cc1)C(N)c1ccnc2cc(Cl)ccc12. The number of non-ortho nitro benzene ring substituents is 1. The monoisotopic (exact) mass is 384 g/mol. The van der Waals surface area contributed by atoms with Gasteiger partial charge in [-0.25, -0.2) is 0 Å². The van der Waals surface area contributed by atoms with Crippen LogP contribution in [0.25, 0.3) is 10.9 Å². The minimum Gasteiger partial charge on any atom is -0.322 e. The molecule has 0 spiro atoms. The number of nitrogens with two attached hydrogens (primary N) is 1. The Morgan fingerprint density at radius 1 is 1.22 bits per heavy atom. The Bertz CT molecular complexity index is 973. The maximum Gasteiger partial charge on any atom is 0.269 e. The van der Waals surface area contributed by atoms with E-state index in [4.69, 9.17) is 17.3 Å². The smallest absolute Gasteiger partial charge is 0.269 e. The molecule has 0 amide bonds. The third-order valence-corrected chi connectivity index (χ3v) is 4.98. The molecule has 1 unspecified atom stereocenters. The largest absolute Gasteiger partial charge is 0.322 e. The number of nitrogens with one attached hydrogen (secondary N) is 1. The maximum atomic E-state index is 10.8. The fourth-order valence-electron chi connectivity index (χ4n) is 2.98. The normalized spacial score (nSPS) is 12.9. The van der Waals surface area contributed by atoms with Gasteiger partial charge in [-0.05, 0) is 43.2 Å². The van der Waals surface area contributed by atoms with E-state index in [9.17, 15) is 10.1 Å². The summed E-state index contributed by atoms with van der Waals surface area (Å²) in [5, 5.41) is 15.8. The van der Waals surface area contributed by atoms with Gasteiger partial charge in [0.05, 0.1) is 10.4 Å². The Morgan fingerprint density at radius 3 is 2.59 bits per heavy atom. The van der Waals surface area contributed by atoms with Crippen molar-refractivity contribution in [3.05, 3.63) is 81.0 Å². The molecule has 0 radical (unpaired) electrons. The highest BCUT2D eigenvalue weighted by molar-refractivity contribution is 6.31. The molecule has 0 saturated carbocycles. The average Bonchev–Trinajstić information content (AvgIpc) is 2.65. The molecule has 3 N–H and O–H groups in total. The molecule has 7 heteroatoms. The molecule has 0 aliphatic heterocycles. The maximum absolute atomic E-state index is 10.8. The minimum absolute atomic E-state index is 0.0802. The Kier molecular flexibility index (Phi) is 5.41. The summed E-state index contributed by atoms with van der Waals surface area (Å²) in [6.45, 7) is 4.62. The Hall–Kier alpha value is -2.54. The van der Waals surface area contributed by atoms with Crippen LogP contribution in [0, 0.1) is 10.1 Å². The fraction of sp³-hybridized carbons (Fsp3) is 0.250. The van der Waals surface area contributed by atoms with E-state index in [1.807, 2.05) is 38.1 Å². The van der Waals surface area contributed by atoms with Crippen LogP contribution >= 0.6 is 11.6 Å². The first-order chi connectivity index (χ1) is 12.8. The van der Waals surface area contributed by atoms with Gasteiger partial charge in [0.15, 0.2) is 0 Å². The van der Waals surface area contributed by atoms with E-state index in [1.54, 1.807) is 18.3 Å². The molecule has 1 aromatic heterocycles. The molecule has 6 nitrogen and oxygen atoms in total. The van der Waals surface area contributed by atoms with Crippen molar-refractivity contribution < 1.29 is 4.92 Å². The summed E-state index contributed by atoms with van der Waals surface area (Å²) >= 11 is 6.06. The molecule has 0 aliphatic rings. The Morgan fingerprint density at radius 2 is 1.93 bits per heavy atom. The molecule has 2 aromatic carbocycles. The van der Waals surface area contributed by atoms with Crippen molar-refractivity contribution in [2.45, 2.75) is 32.0 Å². The molecule has 27 heavy (non-hydrogen) atoms. The van der Waals surface area contributed by atoms with Gasteiger partial charge < -0.3 is 11.1 Å². The number of rotatable bonds is 6. The molecule has 0 bridgehead atoms. The van der Waals surface area contributed by atoms with Gasteiger partial charge in [0.2, 0.25) is 0 Å². The number of fused-ring (bicyclic) bond motifs is 1. The predicted octanol–water partition coefficient (Wildman–Crippen LogP) is 4.36. The first kappa shape index (κ1) is 19.2. The molecule has 3 aromatic rings. The second-order valence-electron chi connectivity index (χ2n) is 7.04. The third-order valence-electron chi connectivity index (χ3n) is 4.75. The zero-order valence-electron chi connectivity index (χ0n) is 15.1. The number of hydrogen-bond acceptors (Lipinski definition) is 5. The number of nitrogens with zero attached hydrogens (tertiary/aromatic N) is 2. The van der Waals surface area contributed by atoms with Gasteiger partial charge in [-0.15, -0.1) is 0 Å². The third kappa shape index (κ3) is 4.24. The quantitative estimate of drug-likeness (QED) is 0.486. The lowest BCUT2D eigenvalue weighted by Gasteiger charge is -2.34. The van der Waals surface area contributed by atoms with Crippen LogP contribution in [0.4, 0.5) is 5.69 Å². The summed E-state index contributed by atoms with van der Waals surface area (Å²) in [7, 11) is 0. The highest BCUT2D eigenvalue weighted by Gasteiger charge is 2.28. The molecule has 0 aliphatic carbocycles. The highest BCUT2D eigenvalue weighted by Crippen LogP contribution is 2.30. The standard InChI is InChI=1S/C20H21ClN4O2/c1-20(2,24-12-13-3-6-15(7-4-13)25(26)27)19(22)17-9-10-23-18-11-14(21)5-8-16(17)18/h3-11,19,24H,12,22H2,1-2H3. The van der Waals surface area contributed by atoms with Gasteiger partial charge >= 0.3 is 0 Å². The Balaban J connectivity index is 1.79. The first-order valence-electron chi connectivity index (χ1n) is 8.56. The summed E-state index contributed by atoms with van der Waals surface area (Å²) in [5.41, 5.74) is 8.99. The van der Waals surface area contributed by atoms with Crippen molar-refractivity contribution in [2.75, 3.05) is 0 Å². The number of nitro benzene ring substituents is 1. The van der Waals surface area contributed by atoms with Gasteiger partial charge in [-0.1, -0.05) is 29.8 Å². The van der Waals surface area contributed by atoms with Crippen LogP contribution in [0.2, 0.25) is 5.02 Å². The number of nitro groups is 1. The van der Waals surface area contributed by atoms with E-state index < -0.39 is 10.5 Å². The van der Waals surface area contributed by atoms with Crippen LogP contribution in [-0.2, 0) is 6.54 Å². The van der Waals surface area contributed by atoms with Gasteiger partial charge in [-0.3, -0.25) is 15.1 Å². The van der Waals surface area contributed by atoms with Gasteiger partial charge in [0, 0.05) is 46.9 Å². The van der Waals surface area contributed by atoms with E-state index in [-0.39, 0.29) is 11.7 Å². The van der Waals surface area contributed by atoms with Gasteiger partial charge in [0.1, 0.15) is 0 Å². The summed E-state index contributed by atoms with van der Waals surface area (Å²) in [5.74, 6) is 0. The van der Waals surface area contributed by atoms with Crippen molar-refractivity contribution in [3.63, 3.8) is 0 Å². The van der Waals surface area contributed by atoms with Crippen LogP contribution in [0.15, 0.2) is 54.7 Å². The minimum atomic E-state index is -0.421. The highest BCUT2D eigenvalue weighted by atomic mass is 35.5. The zero-order valence-corrected chi connectivity index (χ0v) is 15.9. The van der Waals surface area contributed by atoms with Crippen molar-refractivity contribution in [3.8, 4) is 0 Å². The number of hydrogen-bond donors (Lipinski definition) is 2. The lowest BCUT2D eigenvalue weighted by molar-refractivity contribution is -0.384. The summed E-state index contributed by atoms with van der Waals surface area (Å²) < 4.78 is 0. The lowest BCUT2D eigenvalue weighted by atomic mass is 9.87. The molecule has 3 rings (SSSR count). The summed E-state index contributed by atoms with van der Waals surface area (Å²) in [4.78, 5) is 14.7. The lowest BCUT2D eigenvalue weighted by Crippen LogP contribution is -2.48. The topological polar surface area (TPSA) is 94.1 Å². The van der Waals surface area contributed by atoms with Crippen LogP contribution in [-0.4, -0.2) is 15.4 Å². The number of aromatic nitrogens is 1. The van der Waals surface area contributed by atoms with E-state index in [1.165, 1.54) is 12.1 Å². The van der Waals surface area contributed by atoms with Crippen molar-refractivity contribution >= 4 is 28.2 Å². The predicted molar refractivity (Wildman–Crippen MR) is 108 cm³/mol. The van der Waals surface area contributed by atoms with Crippen molar-refractivity contribution in [1.82, 2.24) is 10.3 Å². The summed E-state index contributed by atoms with van der Waals surface area (Å²) in [6, 6.07) is 13.7. The number of halogens is 1. The zero-order chi connectivity index (χ0) is 19.6. The van der Waals surface area contributed by atoms with Crippen LogP contribution in [0.3, 0.4) is 0 Å². The number of pyridine rings is 1. The van der Waals surface area contributed by atoms with E-state index in [0.717, 1.165) is 22.0 Å². The molecule has 140 valence electrons. The summed E-state index contributed by atoms with van der Waals surface area (Å²) in [6.07, 6.45) is 1.74. The molecule has 1 atom stereocenters. The molecule has 0 fully saturated rings. The van der Waals surface area contributed by atoms with E-state index in [0.29, 0.717) is 11.6 Å². The second-order valence-corrected chi connectivity index (χ2v) is 7.47. The van der Waals surface area contributed by atoms with Crippen molar-refractivity contribution in [1.29, 1.82) is 0 Å². The fourth-order valence-corrected chi connectivity index (χ4v) is 3.15. The van der Waals surface area contributed by atoms with Gasteiger partial charge in [0.25, 0.3) is 5.69 Å². The van der Waals surface area contributed by atoms with E-state index >= 15 is 0 Å². The van der Waals surface area contributed by atoms with Crippen LogP contribution in [0.1, 0.15) is 31.0 Å². The number of benzene rings is 2. The molecular weight excluding hydrogens is 364 g/mol. The second kappa shape index (κ2) is 7.60. The van der Waals surface area contributed by atoms with Crippen LogP contribution < -0.4 is 11.1 Å². The molecule has 1 heterocycles. The van der Waals surface area contributed by atoms with Gasteiger partial charge in [-0.2, -0.15) is 0 Å².